The van der Waals surface area contributed by atoms with Crippen molar-refractivity contribution in [2.24, 2.45) is 0 Å². The molecular weight excluding hydrogens is 162 g/mol. The fraction of sp³-hybridized carbons (Fsp3) is 0. The molecular formula is C9H3F2O. The highest BCUT2D eigenvalue weighted by Gasteiger charge is 2.09. The molecule has 1 aromatic rings. The van der Waals surface area contributed by atoms with Gasteiger partial charge in [-0.2, -0.15) is 0 Å². The van der Waals surface area contributed by atoms with Gasteiger partial charge in [-0.05, 0) is 12.1 Å². The quantitative estimate of drug-likeness (QED) is 0.575. The molecule has 0 spiro atoms. The van der Waals surface area contributed by atoms with Crippen LogP contribution in [0, 0.1) is 24.0 Å². The van der Waals surface area contributed by atoms with Crippen LogP contribution < -0.4 is 0 Å². The Morgan fingerprint density at radius 3 is 2.08 bits per heavy atom. The van der Waals surface area contributed by atoms with E-state index in [2.05, 4.69) is 5.92 Å². The van der Waals surface area contributed by atoms with E-state index in [9.17, 15) is 13.6 Å². The Hall–Kier alpha value is -1.69. The van der Waals surface area contributed by atoms with E-state index in [1.165, 1.54) is 0 Å². The highest BCUT2D eigenvalue weighted by atomic mass is 19.1. The van der Waals surface area contributed by atoms with Gasteiger partial charge in [-0.25, -0.2) is 8.78 Å². The van der Waals surface area contributed by atoms with E-state index < -0.39 is 17.2 Å². The molecule has 0 atom stereocenters. The Morgan fingerprint density at radius 2 is 1.75 bits per heavy atom. The normalized spacial score (nSPS) is 9.08. The van der Waals surface area contributed by atoms with Crippen molar-refractivity contribution in [1.29, 1.82) is 0 Å². The van der Waals surface area contributed by atoms with E-state index in [1.807, 2.05) is 0 Å². The first-order chi connectivity index (χ1) is 5.69. The minimum atomic E-state index is -0.988. The number of hydrogen-bond acceptors (Lipinski definition) is 1. The molecule has 1 nitrogen and oxygen atoms in total. The molecule has 0 aliphatic carbocycles. The van der Waals surface area contributed by atoms with Crippen molar-refractivity contribution in [1.82, 2.24) is 0 Å². The maximum atomic E-state index is 12.7. The molecule has 0 fully saturated rings. The Labute approximate surface area is 68.0 Å². The van der Waals surface area contributed by atoms with Crippen molar-refractivity contribution < 1.29 is 13.6 Å². The number of carbonyl (C=O) groups excluding carboxylic acids is 1. The average Bonchev–Trinajstić information content (AvgIpc) is 2.03. The molecule has 0 N–H and O–H groups in total. The van der Waals surface area contributed by atoms with E-state index in [-0.39, 0.29) is 5.56 Å². The molecule has 0 aliphatic rings. The van der Waals surface area contributed by atoms with Gasteiger partial charge in [0.2, 0.25) is 6.29 Å². The molecule has 0 heterocycles. The molecule has 1 radical (unpaired) electrons. The second kappa shape index (κ2) is 3.14. The SMILES string of the molecule is C#Cc1cc(F)c([C]=O)c(F)c1. The second-order valence-electron chi connectivity index (χ2n) is 2.06. The summed E-state index contributed by atoms with van der Waals surface area (Å²) in [4.78, 5) is 9.99. The largest absolute Gasteiger partial charge is 0.285 e. The van der Waals surface area contributed by atoms with Crippen LogP contribution >= 0.6 is 0 Å². The van der Waals surface area contributed by atoms with Gasteiger partial charge >= 0.3 is 0 Å². The van der Waals surface area contributed by atoms with E-state index in [0.717, 1.165) is 18.4 Å². The standard InChI is InChI=1S/C9H3F2O/c1-2-6-3-8(10)7(5-12)9(11)4-6/h1,3-4H. The number of rotatable bonds is 1. The predicted octanol–water partition coefficient (Wildman–Crippen LogP) is 1.40. The molecule has 59 valence electrons. The summed E-state index contributed by atoms with van der Waals surface area (Å²) in [5.41, 5.74) is -0.655. The van der Waals surface area contributed by atoms with Crippen LogP contribution in [-0.2, 0) is 4.79 Å². The molecule has 0 aliphatic heterocycles. The third kappa shape index (κ3) is 1.32. The van der Waals surface area contributed by atoms with E-state index in [4.69, 9.17) is 6.42 Å². The van der Waals surface area contributed by atoms with Gasteiger partial charge in [-0.3, -0.25) is 4.79 Å². The highest BCUT2D eigenvalue weighted by Crippen LogP contribution is 2.12. The second-order valence-corrected chi connectivity index (χ2v) is 2.06. The smallest absolute Gasteiger partial charge is 0.239 e. The molecule has 3 heteroatoms. The van der Waals surface area contributed by atoms with Crippen molar-refractivity contribution in [3.63, 3.8) is 0 Å². The fourth-order valence-corrected chi connectivity index (χ4v) is 0.754. The predicted molar refractivity (Wildman–Crippen MR) is 39.1 cm³/mol. The van der Waals surface area contributed by atoms with Gasteiger partial charge in [-0.1, -0.05) is 5.92 Å². The summed E-state index contributed by atoms with van der Waals surface area (Å²) in [7, 11) is 0. The summed E-state index contributed by atoms with van der Waals surface area (Å²) in [6.45, 7) is 0. The first-order valence-corrected chi connectivity index (χ1v) is 3.03. The summed E-state index contributed by atoms with van der Waals surface area (Å²) in [5.74, 6) is 0.0741. The minimum Gasteiger partial charge on any atom is -0.285 e. The summed E-state index contributed by atoms with van der Waals surface area (Å²) >= 11 is 0. The summed E-state index contributed by atoms with van der Waals surface area (Å²) in [5, 5.41) is 0. The highest BCUT2D eigenvalue weighted by molar-refractivity contribution is 5.76. The first-order valence-electron chi connectivity index (χ1n) is 3.03. The molecule has 1 aromatic carbocycles. The maximum Gasteiger partial charge on any atom is 0.239 e. The zero-order valence-corrected chi connectivity index (χ0v) is 5.90. The zero-order chi connectivity index (χ0) is 9.14. The van der Waals surface area contributed by atoms with Crippen molar-refractivity contribution in [3.05, 3.63) is 34.9 Å². The Morgan fingerprint density at radius 1 is 1.25 bits per heavy atom. The Balaban J connectivity index is 3.39. The summed E-state index contributed by atoms with van der Waals surface area (Å²) in [6.07, 6.45) is 6.04. The van der Waals surface area contributed by atoms with Crippen LogP contribution in [0.2, 0.25) is 0 Å². The third-order valence-electron chi connectivity index (χ3n) is 1.31. The van der Waals surface area contributed by atoms with Crippen LogP contribution in [0.5, 0.6) is 0 Å². The lowest BCUT2D eigenvalue weighted by Gasteiger charge is -1.96. The van der Waals surface area contributed by atoms with Gasteiger partial charge in [0.15, 0.2) is 0 Å². The van der Waals surface area contributed by atoms with Gasteiger partial charge < -0.3 is 0 Å². The molecule has 0 unspecified atom stereocenters. The fourth-order valence-electron chi connectivity index (χ4n) is 0.754. The van der Waals surface area contributed by atoms with E-state index in [1.54, 1.807) is 0 Å². The van der Waals surface area contributed by atoms with Crippen molar-refractivity contribution in [2.75, 3.05) is 0 Å². The molecule has 0 bridgehead atoms. The lowest BCUT2D eigenvalue weighted by atomic mass is 10.1. The maximum absolute atomic E-state index is 12.7. The first kappa shape index (κ1) is 8.41. The Kier molecular flexibility index (Phi) is 2.20. The van der Waals surface area contributed by atoms with Crippen LogP contribution in [0.15, 0.2) is 12.1 Å². The van der Waals surface area contributed by atoms with E-state index in [0.29, 0.717) is 0 Å². The molecule has 0 aromatic heterocycles. The number of halogens is 2. The number of terminal acetylenes is 1. The lowest BCUT2D eigenvalue weighted by molar-refractivity contribution is 0.542. The monoisotopic (exact) mass is 165 g/mol. The van der Waals surface area contributed by atoms with Crippen LogP contribution in [0.25, 0.3) is 0 Å². The molecule has 1 rings (SSSR count). The number of hydrogen-bond donors (Lipinski definition) is 0. The zero-order valence-electron chi connectivity index (χ0n) is 5.90. The molecule has 12 heavy (non-hydrogen) atoms. The number of benzene rings is 1. The molecule has 0 saturated heterocycles. The topological polar surface area (TPSA) is 17.1 Å². The molecule has 0 amide bonds. The summed E-state index contributed by atoms with van der Waals surface area (Å²) < 4.78 is 25.4. The minimum absolute atomic E-state index is 0.0593. The van der Waals surface area contributed by atoms with Crippen LogP contribution in [-0.4, -0.2) is 6.29 Å². The third-order valence-corrected chi connectivity index (χ3v) is 1.31. The van der Waals surface area contributed by atoms with Gasteiger partial charge in [0.05, 0.1) is 5.56 Å². The van der Waals surface area contributed by atoms with Crippen LogP contribution in [0.4, 0.5) is 8.78 Å². The van der Waals surface area contributed by atoms with Gasteiger partial charge in [0.1, 0.15) is 11.6 Å². The van der Waals surface area contributed by atoms with Gasteiger partial charge in [0.25, 0.3) is 0 Å². The van der Waals surface area contributed by atoms with Gasteiger partial charge in [-0.15, -0.1) is 6.42 Å². The lowest BCUT2D eigenvalue weighted by Crippen LogP contribution is -1.94. The van der Waals surface area contributed by atoms with Crippen molar-refractivity contribution in [2.45, 2.75) is 0 Å². The summed E-state index contributed by atoms with van der Waals surface area (Å²) in [6, 6.07) is 1.81. The van der Waals surface area contributed by atoms with Gasteiger partial charge in [0, 0.05) is 5.56 Å². The Bertz CT molecular complexity index is 340. The average molecular weight is 165 g/mol. The van der Waals surface area contributed by atoms with Crippen LogP contribution in [0.3, 0.4) is 0 Å². The molecule has 0 saturated carbocycles. The van der Waals surface area contributed by atoms with E-state index >= 15 is 0 Å². The van der Waals surface area contributed by atoms with Crippen LogP contribution in [0.1, 0.15) is 11.1 Å². The van der Waals surface area contributed by atoms with Crippen molar-refractivity contribution >= 4 is 6.29 Å². The van der Waals surface area contributed by atoms with Crippen molar-refractivity contribution in [3.8, 4) is 12.3 Å².